The van der Waals surface area contributed by atoms with Crippen molar-refractivity contribution >= 4 is 5.91 Å². The maximum absolute atomic E-state index is 11.1. The summed E-state index contributed by atoms with van der Waals surface area (Å²) in [6.45, 7) is 1.88. The van der Waals surface area contributed by atoms with E-state index in [-0.39, 0.29) is 11.9 Å². The first-order chi connectivity index (χ1) is 10.2. The van der Waals surface area contributed by atoms with Gasteiger partial charge in [-0.1, -0.05) is 18.6 Å². The number of benzene rings is 1. The maximum atomic E-state index is 11.1. The van der Waals surface area contributed by atoms with Gasteiger partial charge >= 0.3 is 0 Å². The molecule has 3 rings (SSSR count). The highest BCUT2D eigenvalue weighted by Crippen LogP contribution is 2.29. The Morgan fingerprint density at radius 1 is 1.33 bits per heavy atom. The van der Waals surface area contributed by atoms with Gasteiger partial charge in [0.25, 0.3) is 0 Å². The number of nitrogens with one attached hydrogen (secondary N) is 1. The van der Waals surface area contributed by atoms with Crippen LogP contribution in [0.4, 0.5) is 0 Å². The van der Waals surface area contributed by atoms with E-state index in [0.717, 1.165) is 25.3 Å². The molecule has 0 spiro atoms. The molecule has 110 valence electrons. The lowest BCUT2D eigenvalue weighted by Crippen LogP contribution is -2.33. The summed E-state index contributed by atoms with van der Waals surface area (Å²) >= 11 is 0. The monoisotopic (exact) mass is 285 g/mol. The van der Waals surface area contributed by atoms with E-state index in [1.165, 1.54) is 18.4 Å². The first kappa shape index (κ1) is 13.8. The van der Waals surface area contributed by atoms with Gasteiger partial charge < -0.3 is 5.73 Å². The van der Waals surface area contributed by atoms with E-state index in [1.54, 1.807) is 18.5 Å². The molecule has 0 saturated carbocycles. The zero-order valence-corrected chi connectivity index (χ0v) is 11.8. The van der Waals surface area contributed by atoms with Crippen LogP contribution < -0.4 is 5.73 Å². The van der Waals surface area contributed by atoms with Crippen molar-refractivity contribution in [3.63, 3.8) is 0 Å². The normalized spacial score (nSPS) is 19.5. The fourth-order valence-corrected chi connectivity index (χ4v) is 2.87. The molecule has 0 aliphatic carbocycles. The van der Waals surface area contributed by atoms with E-state index in [0.29, 0.717) is 5.56 Å². The number of primary amides is 1. The van der Waals surface area contributed by atoms with Gasteiger partial charge in [0, 0.05) is 12.1 Å². The second-order valence-corrected chi connectivity index (χ2v) is 5.41. The van der Waals surface area contributed by atoms with Crippen LogP contribution in [0.2, 0.25) is 0 Å². The molecule has 6 nitrogen and oxygen atoms in total. The van der Waals surface area contributed by atoms with Crippen LogP contribution in [-0.2, 0) is 6.54 Å². The molecule has 1 aromatic carbocycles. The Bertz CT molecular complexity index is 593. The van der Waals surface area contributed by atoms with Crippen molar-refractivity contribution in [2.45, 2.75) is 31.8 Å². The molecular weight excluding hydrogens is 266 g/mol. The van der Waals surface area contributed by atoms with Crippen molar-refractivity contribution in [2.75, 3.05) is 6.54 Å². The number of H-pyrrole nitrogens is 1. The molecule has 3 N–H and O–H groups in total. The van der Waals surface area contributed by atoms with Gasteiger partial charge in [0.2, 0.25) is 5.91 Å². The molecule has 0 unspecified atom stereocenters. The van der Waals surface area contributed by atoms with Gasteiger partial charge in [-0.05, 0) is 37.1 Å². The number of nitrogens with two attached hydrogens (primary N) is 1. The summed E-state index contributed by atoms with van der Waals surface area (Å²) in [4.78, 5) is 17.8. The quantitative estimate of drug-likeness (QED) is 0.893. The molecule has 1 atom stereocenters. The number of aromatic amines is 1. The Morgan fingerprint density at radius 3 is 2.81 bits per heavy atom. The van der Waals surface area contributed by atoms with E-state index < -0.39 is 0 Å². The van der Waals surface area contributed by atoms with E-state index >= 15 is 0 Å². The van der Waals surface area contributed by atoms with Gasteiger partial charge in [-0.25, -0.2) is 4.98 Å². The average molecular weight is 285 g/mol. The Morgan fingerprint density at radius 2 is 2.14 bits per heavy atom. The third-order valence-electron chi connectivity index (χ3n) is 3.99. The number of nitrogens with zero attached hydrogens (tertiary/aromatic N) is 3. The molecule has 1 aliphatic rings. The topological polar surface area (TPSA) is 87.9 Å². The first-order valence-electron chi connectivity index (χ1n) is 7.22. The predicted molar refractivity (Wildman–Crippen MR) is 78.3 cm³/mol. The molecule has 1 aromatic heterocycles. The molecule has 2 aromatic rings. The lowest BCUT2D eigenvalue weighted by atomic mass is 10.0. The van der Waals surface area contributed by atoms with Crippen molar-refractivity contribution < 1.29 is 4.79 Å². The number of piperidine rings is 1. The highest BCUT2D eigenvalue weighted by atomic mass is 16.1. The minimum absolute atomic E-state index is 0.289. The lowest BCUT2D eigenvalue weighted by molar-refractivity contribution is 0.1000. The van der Waals surface area contributed by atoms with E-state index in [1.807, 2.05) is 12.1 Å². The molecule has 1 fully saturated rings. The molecule has 21 heavy (non-hydrogen) atoms. The number of likely N-dealkylation sites (tertiary alicyclic amines) is 1. The Balaban J connectivity index is 1.74. The molecule has 2 heterocycles. The Hall–Kier alpha value is -2.21. The van der Waals surface area contributed by atoms with Crippen LogP contribution in [0.15, 0.2) is 30.6 Å². The number of hydrogen-bond acceptors (Lipinski definition) is 4. The molecule has 1 saturated heterocycles. The van der Waals surface area contributed by atoms with Crippen molar-refractivity contribution in [1.29, 1.82) is 0 Å². The van der Waals surface area contributed by atoms with Crippen LogP contribution in [0, 0.1) is 0 Å². The Kier molecular flexibility index (Phi) is 3.96. The first-order valence-corrected chi connectivity index (χ1v) is 7.22. The zero-order chi connectivity index (χ0) is 14.7. The standard InChI is InChI=1S/C15H19N5O/c16-14(21)12-6-4-11(5-7-12)9-20-8-2-1-3-13(20)15-17-10-18-19-15/h4-7,10,13H,1-3,8-9H2,(H2,16,21)(H,17,18,19)/t13-/m0/s1. The van der Waals surface area contributed by atoms with Crippen LogP contribution in [0.1, 0.15) is 47.1 Å². The minimum Gasteiger partial charge on any atom is -0.366 e. The van der Waals surface area contributed by atoms with Crippen LogP contribution in [0.3, 0.4) is 0 Å². The number of aromatic nitrogens is 3. The number of carbonyl (C=O) groups is 1. The fraction of sp³-hybridized carbons (Fsp3) is 0.400. The molecule has 0 bridgehead atoms. The SMILES string of the molecule is NC(=O)c1ccc(CN2CCCC[C@H]2c2ncn[nH]2)cc1. The van der Waals surface area contributed by atoms with E-state index in [2.05, 4.69) is 20.1 Å². The minimum atomic E-state index is -0.390. The second kappa shape index (κ2) is 6.05. The summed E-state index contributed by atoms with van der Waals surface area (Å²) in [7, 11) is 0. The number of carbonyl (C=O) groups excluding carboxylic acids is 1. The molecule has 6 heteroatoms. The third-order valence-corrected chi connectivity index (χ3v) is 3.99. The van der Waals surface area contributed by atoms with Crippen molar-refractivity contribution in [3.8, 4) is 0 Å². The van der Waals surface area contributed by atoms with Gasteiger partial charge in [-0.2, -0.15) is 5.10 Å². The van der Waals surface area contributed by atoms with Crippen molar-refractivity contribution in [2.24, 2.45) is 5.73 Å². The average Bonchev–Trinajstić information content (AvgIpc) is 3.02. The van der Waals surface area contributed by atoms with Crippen molar-refractivity contribution in [3.05, 3.63) is 47.5 Å². The summed E-state index contributed by atoms with van der Waals surface area (Å²) in [5.74, 6) is 0.544. The lowest BCUT2D eigenvalue weighted by Gasteiger charge is -2.34. The molecule has 0 radical (unpaired) electrons. The summed E-state index contributed by atoms with van der Waals surface area (Å²) < 4.78 is 0. The van der Waals surface area contributed by atoms with Gasteiger partial charge in [0.1, 0.15) is 12.2 Å². The summed E-state index contributed by atoms with van der Waals surface area (Å²) in [5.41, 5.74) is 6.98. The van der Waals surface area contributed by atoms with Crippen LogP contribution in [0.25, 0.3) is 0 Å². The smallest absolute Gasteiger partial charge is 0.248 e. The number of amides is 1. The van der Waals surface area contributed by atoms with Crippen molar-refractivity contribution in [1.82, 2.24) is 20.1 Å². The highest BCUT2D eigenvalue weighted by molar-refractivity contribution is 5.92. The zero-order valence-electron chi connectivity index (χ0n) is 11.8. The molecule has 1 aliphatic heterocycles. The number of rotatable bonds is 4. The van der Waals surface area contributed by atoms with Gasteiger partial charge in [0.05, 0.1) is 6.04 Å². The van der Waals surface area contributed by atoms with Crippen LogP contribution in [0.5, 0.6) is 0 Å². The molecule has 1 amide bonds. The van der Waals surface area contributed by atoms with Gasteiger partial charge in [0.15, 0.2) is 0 Å². The highest BCUT2D eigenvalue weighted by Gasteiger charge is 2.25. The summed E-state index contributed by atoms with van der Waals surface area (Å²) in [6, 6.07) is 7.78. The maximum Gasteiger partial charge on any atom is 0.248 e. The van der Waals surface area contributed by atoms with Crippen LogP contribution >= 0.6 is 0 Å². The number of hydrogen-bond donors (Lipinski definition) is 2. The summed E-state index contributed by atoms with van der Waals surface area (Å²) in [6.07, 6.45) is 5.06. The fourth-order valence-electron chi connectivity index (χ4n) is 2.87. The predicted octanol–water partition coefficient (Wildman–Crippen LogP) is 1.63. The van der Waals surface area contributed by atoms with E-state index in [4.69, 9.17) is 5.73 Å². The van der Waals surface area contributed by atoms with Crippen LogP contribution in [-0.4, -0.2) is 32.5 Å². The second-order valence-electron chi connectivity index (χ2n) is 5.41. The van der Waals surface area contributed by atoms with Gasteiger partial charge in [-0.15, -0.1) is 0 Å². The third kappa shape index (κ3) is 3.11. The summed E-state index contributed by atoms with van der Waals surface area (Å²) in [5, 5.41) is 6.94. The molecular formula is C15H19N5O. The van der Waals surface area contributed by atoms with Gasteiger partial charge in [-0.3, -0.25) is 14.8 Å². The largest absolute Gasteiger partial charge is 0.366 e. The Labute approximate surface area is 123 Å². The van der Waals surface area contributed by atoms with E-state index in [9.17, 15) is 4.79 Å².